The molecule has 0 spiro atoms. The molecule has 0 aromatic heterocycles. The first kappa shape index (κ1) is 15.8. The largest absolute Gasteiger partial charge is 0.342 e. The zero-order valence-corrected chi connectivity index (χ0v) is 13.3. The van der Waals surface area contributed by atoms with E-state index < -0.39 is 0 Å². The van der Waals surface area contributed by atoms with Gasteiger partial charge in [0.25, 0.3) is 0 Å². The molecule has 2 rings (SSSR count). The van der Waals surface area contributed by atoms with Crippen LogP contribution in [0.2, 0.25) is 0 Å². The summed E-state index contributed by atoms with van der Waals surface area (Å²) in [4.78, 5) is 14.9. The van der Waals surface area contributed by atoms with Crippen molar-refractivity contribution in [1.29, 1.82) is 0 Å². The van der Waals surface area contributed by atoms with Crippen LogP contribution in [0.15, 0.2) is 0 Å². The van der Waals surface area contributed by atoms with E-state index in [9.17, 15) is 4.79 Å². The quantitative estimate of drug-likeness (QED) is 0.863. The Morgan fingerprint density at radius 1 is 1.20 bits per heavy atom. The number of hydrogen-bond donors (Lipinski definition) is 1. The number of likely N-dealkylation sites (tertiary alicyclic amines) is 1. The fourth-order valence-electron chi connectivity index (χ4n) is 4.02. The Morgan fingerprint density at radius 3 is 2.75 bits per heavy atom. The molecule has 1 heterocycles. The topological polar surface area (TPSA) is 46.3 Å². The zero-order valence-electron chi connectivity index (χ0n) is 13.3. The minimum Gasteiger partial charge on any atom is -0.342 e. The molecule has 2 N–H and O–H groups in total. The van der Waals surface area contributed by atoms with Gasteiger partial charge >= 0.3 is 0 Å². The normalized spacial score (nSPS) is 35.6. The molecule has 1 aliphatic carbocycles. The van der Waals surface area contributed by atoms with Gasteiger partial charge in [0.2, 0.25) is 5.91 Å². The summed E-state index contributed by atoms with van der Waals surface area (Å²) >= 11 is 0. The minimum absolute atomic E-state index is 0.182. The van der Waals surface area contributed by atoms with Crippen molar-refractivity contribution >= 4 is 5.91 Å². The van der Waals surface area contributed by atoms with Crippen LogP contribution in [0, 0.1) is 17.8 Å². The zero-order chi connectivity index (χ0) is 14.5. The summed E-state index contributed by atoms with van der Waals surface area (Å²) in [7, 11) is 0. The number of nitrogens with zero attached hydrogens (tertiary/aromatic N) is 1. The highest BCUT2D eigenvalue weighted by atomic mass is 16.2. The van der Waals surface area contributed by atoms with Crippen LogP contribution in [-0.2, 0) is 4.79 Å². The van der Waals surface area contributed by atoms with Crippen LogP contribution in [-0.4, -0.2) is 29.9 Å². The summed E-state index contributed by atoms with van der Waals surface area (Å²) < 4.78 is 0. The molecule has 4 unspecified atom stereocenters. The second kappa shape index (κ2) is 7.44. The first-order valence-corrected chi connectivity index (χ1v) is 8.66. The van der Waals surface area contributed by atoms with Crippen molar-refractivity contribution in [3.05, 3.63) is 0 Å². The van der Waals surface area contributed by atoms with Crippen LogP contribution in [0.1, 0.15) is 65.2 Å². The van der Waals surface area contributed by atoms with E-state index >= 15 is 0 Å². The van der Waals surface area contributed by atoms with Crippen molar-refractivity contribution in [1.82, 2.24) is 4.90 Å². The molecule has 0 aromatic rings. The lowest BCUT2D eigenvalue weighted by atomic mass is 9.77. The van der Waals surface area contributed by atoms with Crippen LogP contribution < -0.4 is 5.73 Å². The lowest BCUT2D eigenvalue weighted by Crippen LogP contribution is -2.44. The van der Waals surface area contributed by atoms with E-state index in [1.165, 1.54) is 32.1 Å². The summed E-state index contributed by atoms with van der Waals surface area (Å²) in [5, 5.41) is 0. The van der Waals surface area contributed by atoms with Crippen LogP contribution in [0.5, 0.6) is 0 Å². The molecule has 0 bridgehead atoms. The standard InChI is InChI=1S/C17H32N2O/c1-3-5-14-6-4-10-19(11-9-14)17(20)16-12-15(18)8-7-13(16)2/h13-16H,3-12,18H2,1-2H3. The van der Waals surface area contributed by atoms with Gasteiger partial charge in [-0.05, 0) is 50.4 Å². The van der Waals surface area contributed by atoms with E-state index in [1.807, 2.05) is 0 Å². The molecule has 1 saturated carbocycles. The lowest BCUT2D eigenvalue weighted by molar-refractivity contribution is -0.138. The van der Waals surface area contributed by atoms with Gasteiger partial charge in [-0.15, -0.1) is 0 Å². The Labute approximate surface area is 124 Å². The van der Waals surface area contributed by atoms with Crippen LogP contribution in [0.3, 0.4) is 0 Å². The Morgan fingerprint density at radius 2 is 2.00 bits per heavy atom. The van der Waals surface area contributed by atoms with Crippen molar-refractivity contribution in [2.24, 2.45) is 23.5 Å². The van der Waals surface area contributed by atoms with Crippen LogP contribution >= 0.6 is 0 Å². The maximum atomic E-state index is 12.8. The van der Waals surface area contributed by atoms with Gasteiger partial charge in [0.05, 0.1) is 0 Å². The summed E-state index contributed by atoms with van der Waals surface area (Å²) in [6, 6.07) is 0.236. The van der Waals surface area contributed by atoms with E-state index in [-0.39, 0.29) is 12.0 Å². The molecule has 116 valence electrons. The monoisotopic (exact) mass is 280 g/mol. The van der Waals surface area contributed by atoms with Gasteiger partial charge in [0, 0.05) is 25.0 Å². The summed E-state index contributed by atoms with van der Waals surface area (Å²) in [6.07, 6.45) is 9.38. The van der Waals surface area contributed by atoms with Crippen LogP contribution in [0.25, 0.3) is 0 Å². The Hall–Kier alpha value is -0.570. The predicted octanol–water partition coefficient (Wildman–Crippen LogP) is 3.18. The maximum Gasteiger partial charge on any atom is 0.226 e. The van der Waals surface area contributed by atoms with Gasteiger partial charge in [0.15, 0.2) is 0 Å². The van der Waals surface area contributed by atoms with E-state index in [0.29, 0.717) is 11.8 Å². The van der Waals surface area contributed by atoms with Crippen molar-refractivity contribution in [3.8, 4) is 0 Å². The van der Waals surface area contributed by atoms with Gasteiger partial charge in [0.1, 0.15) is 0 Å². The van der Waals surface area contributed by atoms with Crippen molar-refractivity contribution in [2.45, 2.75) is 71.3 Å². The van der Waals surface area contributed by atoms with Crippen molar-refractivity contribution in [3.63, 3.8) is 0 Å². The van der Waals surface area contributed by atoms with Crippen molar-refractivity contribution in [2.75, 3.05) is 13.1 Å². The third-order valence-corrected chi connectivity index (χ3v) is 5.41. The van der Waals surface area contributed by atoms with Gasteiger partial charge < -0.3 is 10.6 Å². The third kappa shape index (κ3) is 3.97. The number of hydrogen-bond acceptors (Lipinski definition) is 2. The molecule has 1 saturated heterocycles. The number of carbonyl (C=O) groups is 1. The summed E-state index contributed by atoms with van der Waals surface area (Å²) in [5.41, 5.74) is 6.08. The van der Waals surface area contributed by atoms with E-state index in [1.54, 1.807) is 0 Å². The minimum atomic E-state index is 0.182. The van der Waals surface area contributed by atoms with Gasteiger partial charge in [-0.25, -0.2) is 0 Å². The second-order valence-electron chi connectivity index (χ2n) is 7.07. The number of amides is 1. The van der Waals surface area contributed by atoms with Crippen molar-refractivity contribution < 1.29 is 4.79 Å². The molecule has 3 nitrogen and oxygen atoms in total. The lowest BCUT2D eigenvalue weighted by Gasteiger charge is -2.35. The predicted molar refractivity (Wildman–Crippen MR) is 83.3 cm³/mol. The molecular weight excluding hydrogens is 248 g/mol. The van der Waals surface area contributed by atoms with Crippen LogP contribution in [0.4, 0.5) is 0 Å². The molecule has 0 aromatic carbocycles. The summed E-state index contributed by atoms with van der Waals surface area (Å²) in [5.74, 6) is 1.92. The number of carbonyl (C=O) groups excluding carboxylic acids is 1. The summed E-state index contributed by atoms with van der Waals surface area (Å²) in [6.45, 7) is 6.44. The molecule has 4 atom stereocenters. The average molecular weight is 280 g/mol. The molecule has 2 aliphatic rings. The molecule has 0 radical (unpaired) electrons. The Balaban J connectivity index is 1.91. The smallest absolute Gasteiger partial charge is 0.226 e. The highest BCUT2D eigenvalue weighted by Gasteiger charge is 2.34. The first-order valence-electron chi connectivity index (χ1n) is 8.66. The fourth-order valence-corrected chi connectivity index (χ4v) is 4.02. The molecule has 3 heteroatoms. The number of rotatable bonds is 3. The maximum absolute atomic E-state index is 12.8. The molecular formula is C17H32N2O. The van der Waals surface area contributed by atoms with Gasteiger partial charge in [-0.1, -0.05) is 26.7 Å². The van der Waals surface area contributed by atoms with Gasteiger partial charge in [-0.2, -0.15) is 0 Å². The first-order chi connectivity index (χ1) is 9.61. The Bertz CT molecular complexity index is 318. The Kier molecular flexibility index (Phi) is 5.88. The molecule has 2 fully saturated rings. The molecule has 1 aliphatic heterocycles. The third-order valence-electron chi connectivity index (χ3n) is 5.41. The second-order valence-corrected chi connectivity index (χ2v) is 7.07. The fraction of sp³-hybridized carbons (Fsp3) is 0.941. The van der Waals surface area contributed by atoms with E-state index in [2.05, 4.69) is 18.7 Å². The SMILES string of the molecule is CCCC1CCCN(C(=O)C2CC(N)CCC2C)CC1. The molecule has 20 heavy (non-hydrogen) atoms. The highest BCUT2D eigenvalue weighted by Crippen LogP contribution is 2.32. The molecule has 1 amide bonds. The highest BCUT2D eigenvalue weighted by molar-refractivity contribution is 5.79. The average Bonchev–Trinajstić information content (AvgIpc) is 2.67. The number of nitrogens with two attached hydrogens (primary N) is 1. The van der Waals surface area contributed by atoms with E-state index in [4.69, 9.17) is 5.73 Å². The van der Waals surface area contributed by atoms with Gasteiger partial charge in [-0.3, -0.25) is 4.79 Å². The van der Waals surface area contributed by atoms with E-state index in [0.717, 1.165) is 38.3 Å².